The molecule has 4 heteroatoms. The third-order valence-corrected chi connectivity index (χ3v) is 4.47. The molecule has 3 nitrogen and oxygen atoms in total. The standard InChI is InChI=1S/C15H30O3Si/c1-6-7-8-9-14(17-15(16)12(2)3)10-11-19-18-13(4)5/h13-14H,2,6-11,19H2,1,3-5H3. The molecule has 0 rings (SSSR count). The molecule has 0 aliphatic carbocycles. The van der Waals surface area contributed by atoms with Crippen LogP contribution in [0.1, 0.15) is 59.8 Å². The number of hydrogen-bond acceptors (Lipinski definition) is 3. The van der Waals surface area contributed by atoms with Crippen molar-refractivity contribution in [2.75, 3.05) is 0 Å². The summed E-state index contributed by atoms with van der Waals surface area (Å²) in [5, 5.41) is 0. The van der Waals surface area contributed by atoms with E-state index in [1.165, 1.54) is 12.8 Å². The van der Waals surface area contributed by atoms with E-state index in [2.05, 4.69) is 27.4 Å². The van der Waals surface area contributed by atoms with Crippen LogP contribution in [0.25, 0.3) is 0 Å². The Labute approximate surface area is 120 Å². The van der Waals surface area contributed by atoms with Gasteiger partial charge in [-0.25, -0.2) is 4.79 Å². The second kappa shape index (κ2) is 11.2. The Morgan fingerprint density at radius 3 is 2.47 bits per heavy atom. The van der Waals surface area contributed by atoms with Crippen molar-refractivity contribution in [2.24, 2.45) is 0 Å². The number of hydrogen-bond donors (Lipinski definition) is 0. The second-order valence-corrected chi connectivity index (χ2v) is 6.81. The van der Waals surface area contributed by atoms with Crippen molar-refractivity contribution in [1.82, 2.24) is 0 Å². The van der Waals surface area contributed by atoms with Gasteiger partial charge in [0, 0.05) is 11.7 Å². The van der Waals surface area contributed by atoms with Gasteiger partial charge < -0.3 is 9.16 Å². The molecule has 0 aliphatic heterocycles. The first-order chi connectivity index (χ1) is 8.97. The van der Waals surface area contributed by atoms with Gasteiger partial charge in [0.2, 0.25) is 0 Å². The Balaban J connectivity index is 4.02. The number of unbranched alkanes of at least 4 members (excludes halogenated alkanes) is 2. The minimum atomic E-state index is -0.474. The molecular formula is C15H30O3Si. The summed E-state index contributed by atoms with van der Waals surface area (Å²) < 4.78 is 11.1. The first kappa shape index (κ1) is 18.4. The summed E-state index contributed by atoms with van der Waals surface area (Å²) in [5.74, 6) is -0.257. The van der Waals surface area contributed by atoms with Gasteiger partial charge in [0.1, 0.15) is 6.10 Å². The van der Waals surface area contributed by atoms with E-state index in [0.29, 0.717) is 11.7 Å². The van der Waals surface area contributed by atoms with Gasteiger partial charge in [0.05, 0.1) is 0 Å². The average molecular weight is 286 g/mol. The first-order valence-corrected chi connectivity index (χ1v) is 9.03. The Morgan fingerprint density at radius 2 is 1.95 bits per heavy atom. The minimum Gasteiger partial charge on any atom is -0.459 e. The van der Waals surface area contributed by atoms with E-state index in [1.807, 2.05) is 0 Å². The zero-order valence-corrected chi connectivity index (χ0v) is 14.5. The lowest BCUT2D eigenvalue weighted by Crippen LogP contribution is -2.20. The van der Waals surface area contributed by atoms with Gasteiger partial charge in [-0.1, -0.05) is 26.3 Å². The summed E-state index contributed by atoms with van der Waals surface area (Å²) in [4.78, 5) is 11.6. The van der Waals surface area contributed by atoms with Crippen molar-refractivity contribution < 1.29 is 14.0 Å². The van der Waals surface area contributed by atoms with Crippen LogP contribution in [-0.4, -0.2) is 27.9 Å². The number of carbonyl (C=O) groups excluding carboxylic acids is 1. The van der Waals surface area contributed by atoms with Crippen molar-refractivity contribution in [3.05, 3.63) is 12.2 Å². The van der Waals surface area contributed by atoms with Gasteiger partial charge in [-0.15, -0.1) is 0 Å². The van der Waals surface area contributed by atoms with E-state index in [4.69, 9.17) is 9.16 Å². The summed E-state index contributed by atoms with van der Waals surface area (Å²) >= 11 is 0. The van der Waals surface area contributed by atoms with Gasteiger partial charge in [-0.2, -0.15) is 0 Å². The molecule has 0 fully saturated rings. The highest BCUT2D eigenvalue weighted by Gasteiger charge is 2.14. The fourth-order valence-electron chi connectivity index (χ4n) is 1.77. The molecule has 0 saturated heterocycles. The van der Waals surface area contributed by atoms with Crippen LogP contribution >= 0.6 is 0 Å². The van der Waals surface area contributed by atoms with Crippen LogP contribution < -0.4 is 0 Å². The quantitative estimate of drug-likeness (QED) is 0.253. The van der Waals surface area contributed by atoms with E-state index >= 15 is 0 Å². The molecule has 0 radical (unpaired) electrons. The molecule has 1 atom stereocenters. The fraction of sp³-hybridized carbons (Fsp3) is 0.800. The number of carbonyl (C=O) groups is 1. The van der Waals surface area contributed by atoms with Crippen molar-refractivity contribution in [3.63, 3.8) is 0 Å². The molecule has 0 heterocycles. The number of ether oxygens (including phenoxy) is 1. The lowest BCUT2D eigenvalue weighted by molar-refractivity contribution is -0.144. The van der Waals surface area contributed by atoms with Gasteiger partial charge >= 0.3 is 5.97 Å². The minimum absolute atomic E-state index is 0.0408. The van der Waals surface area contributed by atoms with Crippen LogP contribution in [0.3, 0.4) is 0 Å². The zero-order valence-electron chi connectivity index (χ0n) is 13.0. The van der Waals surface area contributed by atoms with Crippen LogP contribution in [0.5, 0.6) is 0 Å². The van der Waals surface area contributed by atoms with Crippen LogP contribution in [0, 0.1) is 0 Å². The lowest BCUT2D eigenvalue weighted by atomic mass is 10.1. The molecule has 0 aromatic rings. The molecule has 0 saturated carbocycles. The van der Waals surface area contributed by atoms with Gasteiger partial charge in [-0.05, 0) is 46.1 Å². The van der Waals surface area contributed by atoms with E-state index in [9.17, 15) is 4.79 Å². The largest absolute Gasteiger partial charge is 0.459 e. The maximum Gasteiger partial charge on any atom is 0.333 e. The monoisotopic (exact) mass is 286 g/mol. The summed E-state index contributed by atoms with van der Waals surface area (Å²) in [6.07, 6.45) is 5.76. The second-order valence-electron chi connectivity index (χ2n) is 5.37. The fourth-order valence-corrected chi connectivity index (χ4v) is 3.03. The van der Waals surface area contributed by atoms with Gasteiger partial charge in [-0.3, -0.25) is 0 Å². The Hall–Kier alpha value is -0.613. The Kier molecular flexibility index (Phi) is 10.9. The summed E-state index contributed by atoms with van der Waals surface area (Å²) in [5.41, 5.74) is 0.483. The third kappa shape index (κ3) is 11.0. The molecule has 0 amide bonds. The molecular weight excluding hydrogens is 256 g/mol. The first-order valence-electron chi connectivity index (χ1n) is 7.45. The predicted octanol–water partition coefficient (Wildman–Crippen LogP) is 3.37. The molecule has 0 aromatic heterocycles. The van der Waals surface area contributed by atoms with E-state index < -0.39 is 9.76 Å². The molecule has 19 heavy (non-hydrogen) atoms. The van der Waals surface area contributed by atoms with E-state index in [1.54, 1.807) is 6.92 Å². The predicted molar refractivity (Wildman–Crippen MR) is 83.0 cm³/mol. The summed E-state index contributed by atoms with van der Waals surface area (Å²) in [6, 6.07) is 1.07. The normalized spacial score (nSPS) is 13.1. The summed E-state index contributed by atoms with van der Waals surface area (Å²) in [6.45, 7) is 11.6. The highest BCUT2D eigenvalue weighted by Crippen LogP contribution is 2.14. The molecule has 0 aliphatic rings. The van der Waals surface area contributed by atoms with Gasteiger partial charge in [0.25, 0.3) is 0 Å². The SMILES string of the molecule is C=C(C)C(=O)OC(CCCCC)CC[SiH2]OC(C)C. The molecule has 0 N–H and O–H groups in total. The van der Waals surface area contributed by atoms with Crippen molar-refractivity contribution in [1.29, 1.82) is 0 Å². The number of esters is 1. The lowest BCUT2D eigenvalue weighted by Gasteiger charge is -2.18. The summed E-state index contributed by atoms with van der Waals surface area (Å²) in [7, 11) is -0.474. The topological polar surface area (TPSA) is 35.5 Å². The molecule has 0 spiro atoms. The molecule has 0 bridgehead atoms. The van der Waals surface area contributed by atoms with Crippen LogP contribution in [0.4, 0.5) is 0 Å². The van der Waals surface area contributed by atoms with Crippen LogP contribution in [0.15, 0.2) is 12.2 Å². The molecule has 112 valence electrons. The Morgan fingerprint density at radius 1 is 1.26 bits per heavy atom. The zero-order chi connectivity index (χ0) is 14.7. The smallest absolute Gasteiger partial charge is 0.333 e. The highest BCUT2D eigenvalue weighted by atomic mass is 28.2. The van der Waals surface area contributed by atoms with E-state index in [-0.39, 0.29) is 12.1 Å². The number of rotatable bonds is 11. The van der Waals surface area contributed by atoms with Crippen molar-refractivity contribution in [2.45, 2.75) is 78.1 Å². The third-order valence-electron chi connectivity index (χ3n) is 2.87. The average Bonchev–Trinajstić information content (AvgIpc) is 2.33. The van der Waals surface area contributed by atoms with Crippen LogP contribution in [-0.2, 0) is 14.0 Å². The Bertz CT molecular complexity index is 264. The van der Waals surface area contributed by atoms with E-state index in [0.717, 1.165) is 25.3 Å². The maximum atomic E-state index is 11.6. The van der Waals surface area contributed by atoms with Crippen molar-refractivity contribution in [3.8, 4) is 0 Å². The molecule has 1 unspecified atom stereocenters. The molecule has 0 aromatic carbocycles. The van der Waals surface area contributed by atoms with Gasteiger partial charge in [0.15, 0.2) is 9.76 Å². The maximum absolute atomic E-state index is 11.6. The highest BCUT2D eigenvalue weighted by molar-refractivity contribution is 6.27. The van der Waals surface area contributed by atoms with Crippen molar-refractivity contribution >= 4 is 15.7 Å². The van der Waals surface area contributed by atoms with Crippen LogP contribution in [0.2, 0.25) is 6.04 Å².